The number of nitrogens with one attached hydrogen (secondary N) is 2. The summed E-state index contributed by atoms with van der Waals surface area (Å²) in [6, 6.07) is 5.64. The minimum absolute atomic E-state index is 0.0513. The number of alkyl halides is 4. The second-order valence-electron chi connectivity index (χ2n) is 7.27. The summed E-state index contributed by atoms with van der Waals surface area (Å²) in [6.07, 6.45) is -2.40. The van der Waals surface area contributed by atoms with Crippen molar-refractivity contribution in [3.8, 4) is 5.69 Å². The van der Waals surface area contributed by atoms with E-state index in [0.29, 0.717) is 37.1 Å². The second-order valence-corrected chi connectivity index (χ2v) is 7.27. The van der Waals surface area contributed by atoms with Crippen LogP contribution in [0.2, 0.25) is 0 Å². The fraction of sp³-hybridized carbons (Fsp3) is 0.500. The molecule has 2 amide bonds. The quantitative estimate of drug-likeness (QED) is 0.435. The van der Waals surface area contributed by atoms with Crippen molar-refractivity contribution in [3.63, 3.8) is 0 Å². The molecule has 170 valence electrons. The van der Waals surface area contributed by atoms with Crippen LogP contribution in [0.1, 0.15) is 59.7 Å². The monoisotopic (exact) mass is 443 g/mol. The highest BCUT2D eigenvalue weighted by molar-refractivity contribution is 5.94. The molecule has 0 saturated carbocycles. The molecule has 0 spiro atoms. The van der Waals surface area contributed by atoms with Crippen LogP contribution in [-0.4, -0.2) is 52.2 Å². The Morgan fingerprint density at radius 3 is 2.32 bits per heavy atom. The average Bonchev–Trinajstić information content (AvgIpc) is 3.12. The number of rotatable bonds is 10. The molecular formula is C20H25F4N5O2. The highest BCUT2D eigenvalue weighted by Crippen LogP contribution is 2.18. The number of halogens is 4. The van der Waals surface area contributed by atoms with Gasteiger partial charge in [0.25, 0.3) is 11.8 Å². The van der Waals surface area contributed by atoms with Crippen molar-refractivity contribution >= 4 is 11.8 Å². The molecule has 0 aliphatic rings. The molecule has 0 radical (unpaired) electrons. The Kier molecular flexibility index (Phi) is 8.52. The maximum Gasteiger partial charge on any atom is 0.405 e. The molecule has 2 N–H and O–H groups in total. The molecule has 1 heterocycles. The van der Waals surface area contributed by atoms with Gasteiger partial charge in [-0.3, -0.25) is 14.0 Å². The normalized spacial score (nSPS) is 11.6. The Hall–Kier alpha value is -2.98. The third-order valence-electron chi connectivity index (χ3n) is 4.27. The van der Waals surface area contributed by atoms with Crippen molar-refractivity contribution in [2.24, 2.45) is 0 Å². The van der Waals surface area contributed by atoms with Gasteiger partial charge in [-0.1, -0.05) is 11.6 Å². The molecule has 11 heteroatoms. The van der Waals surface area contributed by atoms with E-state index in [9.17, 15) is 27.2 Å². The summed E-state index contributed by atoms with van der Waals surface area (Å²) in [5.41, 5.74) is 1.23. The molecule has 0 unspecified atom stereocenters. The van der Waals surface area contributed by atoms with Gasteiger partial charge in [0.1, 0.15) is 6.54 Å². The summed E-state index contributed by atoms with van der Waals surface area (Å²) in [7, 11) is 0. The SMILES string of the molecule is CC(C)NC(=O)c1nnn(-c2ccc(C(=O)NCC(F)(F)F)cc2)c1CCCCCF. The van der Waals surface area contributed by atoms with Gasteiger partial charge in [0, 0.05) is 11.6 Å². The predicted octanol–water partition coefficient (Wildman–Crippen LogP) is 3.38. The summed E-state index contributed by atoms with van der Waals surface area (Å²) < 4.78 is 50.6. The third-order valence-corrected chi connectivity index (χ3v) is 4.27. The molecule has 7 nitrogen and oxygen atoms in total. The van der Waals surface area contributed by atoms with Crippen LogP contribution in [0.25, 0.3) is 5.69 Å². The summed E-state index contributed by atoms with van der Waals surface area (Å²) in [4.78, 5) is 24.3. The van der Waals surface area contributed by atoms with Crippen molar-refractivity contribution in [2.45, 2.75) is 51.7 Å². The Morgan fingerprint density at radius 1 is 1.06 bits per heavy atom. The first-order chi connectivity index (χ1) is 14.6. The Bertz CT molecular complexity index is 879. The summed E-state index contributed by atoms with van der Waals surface area (Å²) in [5.74, 6) is -1.24. The molecule has 0 aliphatic heterocycles. The van der Waals surface area contributed by atoms with Crippen LogP contribution in [0, 0.1) is 0 Å². The smallest absolute Gasteiger partial charge is 0.348 e. The predicted molar refractivity (Wildman–Crippen MR) is 106 cm³/mol. The van der Waals surface area contributed by atoms with Crippen molar-refractivity contribution in [1.82, 2.24) is 25.6 Å². The zero-order valence-corrected chi connectivity index (χ0v) is 17.3. The van der Waals surface area contributed by atoms with E-state index in [1.54, 1.807) is 5.32 Å². The van der Waals surface area contributed by atoms with E-state index in [-0.39, 0.29) is 23.2 Å². The lowest BCUT2D eigenvalue weighted by Gasteiger charge is -2.11. The van der Waals surface area contributed by atoms with Gasteiger partial charge >= 0.3 is 6.18 Å². The largest absolute Gasteiger partial charge is 0.405 e. The standard InChI is InChI=1S/C20H25F4N5O2/c1-13(2)26-19(31)17-16(6-4-3-5-11-21)29(28-27-17)15-9-7-14(8-10-15)18(30)25-12-20(22,23)24/h7-10,13H,3-6,11-12H2,1-2H3,(H,25,30)(H,26,31). The van der Waals surface area contributed by atoms with E-state index in [1.165, 1.54) is 28.9 Å². The lowest BCUT2D eigenvalue weighted by molar-refractivity contribution is -0.123. The second kappa shape index (κ2) is 10.9. The Morgan fingerprint density at radius 2 is 1.74 bits per heavy atom. The van der Waals surface area contributed by atoms with Crippen LogP contribution in [0.5, 0.6) is 0 Å². The highest BCUT2D eigenvalue weighted by atomic mass is 19.4. The number of aromatic nitrogens is 3. The zero-order valence-electron chi connectivity index (χ0n) is 17.3. The summed E-state index contributed by atoms with van der Waals surface area (Å²) in [6.45, 7) is 1.78. The molecule has 1 aromatic carbocycles. The lowest BCUT2D eigenvalue weighted by atomic mass is 10.1. The summed E-state index contributed by atoms with van der Waals surface area (Å²) in [5, 5.41) is 12.6. The molecule has 31 heavy (non-hydrogen) atoms. The topological polar surface area (TPSA) is 88.9 Å². The molecular weight excluding hydrogens is 418 g/mol. The van der Waals surface area contributed by atoms with E-state index < -0.39 is 25.3 Å². The molecule has 0 saturated heterocycles. The van der Waals surface area contributed by atoms with E-state index in [4.69, 9.17) is 0 Å². The number of carbonyl (C=O) groups excluding carboxylic acids is 2. The van der Waals surface area contributed by atoms with Crippen molar-refractivity contribution < 1.29 is 27.2 Å². The van der Waals surface area contributed by atoms with Crippen LogP contribution in [0.3, 0.4) is 0 Å². The maximum absolute atomic E-state index is 12.5. The Labute approximate surface area is 177 Å². The molecule has 0 atom stereocenters. The number of amides is 2. The first-order valence-electron chi connectivity index (χ1n) is 9.89. The van der Waals surface area contributed by atoms with Gasteiger partial charge in [0.2, 0.25) is 0 Å². The zero-order chi connectivity index (χ0) is 23.0. The van der Waals surface area contributed by atoms with E-state index in [1.807, 2.05) is 13.8 Å². The van der Waals surface area contributed by atoms with Gasteiger partial charge < -0.3 is 10.6 Å². The van der Waals surface area contributed by atoms with Gasteiger partial charge in [-0.15, -0.1) is 5.10 Å². The molecule has 2 rings (SSSR count). The summed E-state index contributed by atoms with van der Waals surface area (Å²) >= 11 is 0. The van der Waals surface area contributed by atoms with Crippen molar-refractivity contribution in [1.29, 1.82) is 0 Å². The first kappa shape index (κ1) is 24.3. The molecule has 2 aromatic rings. The number of nitrogens with zero attached hydrogens (tertiary/aromatic N) is 3. The molecule has 1 aromatic heterocycles. The van der Waals surface area contributed by atoms with Gasteiger partial charge in [-0.05, 0) is 57.4 Å². The highest BCUT2D eigenvalue weighted by Gasteiger charge is 2.28. The van der Waals surface area contributed by atoms with Crippen LogP contribution < -0.4 is 10.6 Å². The number of benzene rings is 1. The van der Waals surface area contributed by atoms with Gasteiger partial charge in [-0.25, -0.2) is 4.68 Å². The van der Waals surface area contributed by atoms with Gasteiger partial charge in [0.15, 0.2) is 5.69 Å². The number of hydrogen-bond acceptors (Lipinski definition) is 4. The van der Waals surface area contributed by atoms with Crippen LogP contribution >= 0.6 is 0 Å². The third kappa shape index (κ3) is 7.34. The molecule has 0 fully saturated rings. The van der Waals surface area contributed by atoms with Crippen molar-refractivity contribution in [2.75, 3.05) is 13.2 Å². The minimum Gasteiger partial charge on any atom is -0.348 e. The van der Waals surface area contributed by atoms with Crippen LogP contribution in [0.4, 0.5) is 17.6 Å². The first-order valence-corrected chi connectivity index (χ1v) is 9.89. The molecule has 0 bridgehead atoms. The number of carbonyl (C=O) groups is 2. The lowest BCUT2D eigenvalue weighted by Crippen LogP contribution is -2.33. The van der Waals surface area contributed by atoms with Crippen LogP contribution in [-0.2, 0) is 6.42 Å². The average molecular weight is 443 g/mol. The van der Waals surface area contributed by atoms with Crippen molar-refractivity contribution in [3.05, 3.63) is 41.2 Å². The Balaban J connectivity index is 2.24. The van der Waals surface area contributed by atoms with Gasteiger partial charge in [0.05, 0.1) is 18.1 Å². The van der Waals surface area contributed by atoms with Gasteiger partial charge in [-0.2, -0.15) is 13.2 Å². The maximum atomic E-state index is 12.5. The minimum atomic E-state index is -4.50. The molecule has 0 aliphatic carbocycles. The van der Waals surface area contributed by atoms with E-state index in [0.717, 1.165) is 0 Å². The van der Waals surface area contributed by atoms with E-state index >= 15 is 0 Å². The number of hydrogen-bond donors (Lipinski definition) is 2. The fourth-order valence-corrected chi connectivity index (χ4v) is 2.84. The van der Waals surface area contributed by atoms with Crippen LogP contribution in [0.15, 0.2) is 24.3 Å². The number of unbranched alkanes of at least 4 members (excludes halogenated alkanes) is 2. The fourth-order valence-electron chi connectivity index (χ4n) is 2.84. The van der Waals surface area contributed by atoms with E-state index in [2.05, 4.69) is 15.6 Å².